The van der Waals surface area contributed by atoms with Crippen LogP contribution in [0.5, 0.6) is 0 Å². The van der Waals surface area contributed by atoms with Crippen LogP contribution in [0.1, 0.15) is 23.6 Å². The first kappa shape index (κ1) is 10.0. The molecule has 1 aromatic carbocycles. The van der Waals surface area contributed by atoms with Crippen LogP contribution in [0.2, 0.25) is 0 Å². The molecule has 2 rings (SSSR count). The summed E-state index contributed by atoms with van der Waals surface area (Å²) < 4.78 is 0. The van der Waals surface area contributed by atoms with Crippen LogP contribution >= 0.6 is 0 Å². The summed E-state index contributed by atoms with van der Waals surface area (Å²) in [6.07, 6.45) is 2.26. The van der Waals surface area contributed by atoms with Crippen molar-refractivity contribution in [2.24, 2.45) is 5.73 Å². The summed E-state index contributed by atoms with van der Waals surface area (Å²) in [4.78, 5) is 2.25. The van der Waals surface area contributed by atoms with Crippen LogP contribution in [0.15, 0.2) is 18.2 Å². The van der Waals surface area contributed by atoms with Gasteiger partial charge < -0.3 is 10.6 Å². The molecule has 0 saturated carbocycles. The third kappa shape index (κ3) is 1.81. The number of nitrogens with two attached hydrogens (primary N) is 1. The first-order chi connectivity index (χ1) is 7.22. The van der Waals surface area contributed by atoms with Gasteiger partial charge in [0.05, 0.1) is 6.07 Å². The summed E-state index contributed by atoms with van der Waals surface area (Å²) in [6, 6.07) is 7.66. The molecule has 15 heavy (non-hydrogen) atoms. The van der Waals surface area contributed by atoms with Crippen molar-refractivity contribution >= 4 is 5.69 Å². The molecule has 0 aromatic heterocycles. The predicted molar refractivity (Wildman–Crippen MR) is 60.6 cm³/mol. The molecule has 1 unspecified atom stereocenters. The maximum Gasteiger partial charge on any atom is 0.118 e. The smallest absolute Gasteiger partial charge is 0.118 e. The van der Waals surface area contributed by atoms with Gasteiger partial charge >= 0.3 is 0 Å². The molecule has 0 bridgehead atoms. The van der Waals surface area contributed by atoms with Gasteiger partial charge in [-0.25, -0.2) is 0 Å². The molecular formula is C12H15N3. The molecular weight excluding hydrogens is 186 g/mol. The molecule has 0 saturated heterocycles. The van der Waals surface area contributed by atoms with Gasteiger partial charge in [0.25, 0.3) is 0 Å². The molecule has 1 aliphatic heterocycles. The lowest BCUT2D eigenvalue weighted by atomic mass is 9.97. The van der Waals surface area contributed by atoms with Gasteiger partial charge in [0.1, 0.15) is 6.04 Å². The minimum atomic E-state index is -0.498. The zero-order valence-corrected chi connectivity index (χ0v) is 8.90. The maximum atomic E-state index is 8.76. The van der Waals surface area contributed by atoms with Gasteiger partial charge in [-0.2, -0.15) is 5.26 Å². The van der Waals surface area contributed by atoms with Gasteiger partial charge in [-0.15, -0.1) is 0 Å². The van der Waals surface area contributed by atoms with E-state index in [1.54, 1.807) is 0 Å². The van der Waals surface area contributed by atoms with E-state index in [4.69, 9.17) is 11.0 Å². The molecule has 0 radical (unpaired) electrons. The van der Waals surface area contributed by atoms with Gasteiger partial charge in [0.2, 0.25) is 0 Å². The second-order valence-corrected chi connectivity index (χ2v) is 4.02. The fourth-order valence-corrected chi connectivity index (χ4v) is 2.07. The van der Waals surface area contributed by atoms with Crippen LogP contribution < -0.4 is 10.6 Å². The van der Waals surface area contributed by atoms with E-state index in [9.17, 15) is 0 Å². The van der Waals surface area contributed by atoms with Crippen molar-refractivity contribution in [2.75, 3.05) is 18.5 Å². The van der Waals surface area contributed by atoms with Gasteiger partial charge in [0, 0.05) is 19.3 Å². The maximum absolute atomic E-state index is 8.76. The second-order valence-electron chi connectivity index (χ2n) is 4.02. The Bertz CT molecular complexity index is 406. The third-order valence-electron chi connectivity index (χ3n) is 2.95. The lowest BCUT2D eigenvalue weighted by Gasteiger charge is -2.28. The number of rotatable bonds is 1. The Hall–Kier alpha value is -1.53. The molecule has 3 heteroatoms. The highest BCUT2D eigenvalue weighted by Gasteiger charge is 2.15. The van der Waals surface area contributed by atoms with Crippen molar-refractivity contribution in [3.63, 3.8) is 0 Å². The number of aryl methyl sites for hydroxylation is 1. The van der Waals surface area contributed by atoms with E-state index in [0.29, 0.717) is 0 Å². The number of hydrogen-bond acceptors (Lipinski definition) is 3. The monoisotopic (exact) mass is 201 g/mol. The fourth-order valence-electron chi connectivity index (χ4n) is 2.07. The summed E-state index contributed by atoms with van der Waals surface area (Å²) in [5.74, 6) is 0. The molecule has 2 N–H and O–H groups in total. The average Bonchev–Trinajstić information content (AvgIpc) is 2.28. The Kier molecular flexibility index (Phi) is 2.61. The molecule has 0 amide bonds. The van der Waals surface area contributed by atoms with E-state index < -0.39 is 6.04 Å². The molecule has 78 valence electrons. The van der Waals surface area contributed by atoms with Crippen LogP contribution in [0.4, 0.5) is 5.69 Å². The largest absolute Gasteiger partial charge is 0.374 e. The predicted octanol–water partition coefficient (Wildman–Crippen LogP) is 1.59. The van der Waals surface area contributed by atoms with E-state index in [1.807, 2.05) is 6.07 Å². The molecule has 1 aliphatic rings. The Balaban J connectivity index is 2.38. The summed E-state index contributed by atoms with van der Waals surface area (Å²) in [7, 11) is 2.10. The molecule has 3 nitrogen and oxygen atoms in total. The molecule has 0 aliphatic carbocycles. The number of nitrogens with zero attached hydrogens (tertiary/aromatic N) is 2. The summed E-state index contributed by atoms with van der Waals surface area (Å²) in [6.45, 7) is 1.11. The zero-order chi connectivity index (χ0) is 10.8. The van der Waals surface area contributed by atoms with Crippen molar-refractivity contribution in [1.82, 2.24) is 0 Å². The minimum Gasteiger partial charge on any atom is -0.374 e. The fraction of sp³-hybridized carbons (Fsp3) is 0.417. The van der Waals surface area contributed by atoms with Crippen molar-refractivity contribution < 1.29 is 0 Å². The van der Waals surface area contributed by atoms with Crippen LogP contribution in [-0.2, 0) is 6.42 Å². The zero-order valence-electron chi connectivity index (χ0n) is 8.90. The first-order valence-corrected chi connectivity index (χ1v) is 5.21. The highest BCUT2D eigenvalue weighted by Crippen LogP contribution is 2.28. The number of benzene rings is 1. The van der Waals surface area contributed by atoms with E-state index in [2.05, 4.69) is 30.1 Å². The van der Waals surface area contributed by atoms with E-state index in [-0.39, 0.29) is 0 Å². The topological polar surface area (TPSA) is 53.0 Å². The standard InChI is InChI=1S/C12H15N3/c1-15-6-2-3-10-7-9(11(14)8-13)4-5-12(10)15/h4-5,7,11H,2-3,6,14H2,1H3. The van der Waals surface area contributed by atoms with E-state index in [1.165, 1.54) is 17.7 Å². The first-order valence-electron chi connectivity index (χ1n) is 5.21. The van der Waals surface area contributed by atoms with Gasteiger partial charge in [0.15, 0.2) is 0 Å². The quantitative estimate of drug-likeness (QED) is 0.750. The summed E-state index contributed by atoms with van der Waals surface area (Å²) in [5, 5.41) is 8.76. The highest BCUT2D eigenvalue weighted by molar-refractivity contribution is 5.56. The van der Waals surface area contributed by atoms with Crippen molar-refractivity contribution in [1.29, 1.82) is 5.26 Å². The van der Waals surface area contributed by atoms with Crippen molar-refractivity contribution in [3.8, 4) is 6.07 Å². The lowest BCUT2D eigenvalue weighted by Crippen LogP contribution is -2.24. The van der Waals surface area contributed by atoms with Gasteiger partial charge in [-0.3, -0.25) is 0 Å². The molecule has 0 fully saturated rings. The van der Waals surface area contributed by atoms with Crippen LogP contribution in [0, 0.1) is 11.3 Å². The van der Waals surface area contributed by atoms with Crippen LogP contribution in [0.25, 0.3) is 0 Å². The van der Waals surface area contributed by atoms with Crippen LogP contribution in [0.3, 0.4) is 0 Å². The van der Waals surface area contributed by atoms with Crippen LogP contribution in [-0.4, -0.2) is 13.6 Å². The average molecular weight is 201 g/mol. The number of nitriles is 1. The summed E-state index contributed by atoms with van der Waals surface area (Å²) >= 11 is 0. The minimum absolute atomic E-state index is 0.498. The van der Waals surface area contributed by atoms with Gasteiger partial charge in [-0.1, -0.05) is 12.1 Å². The Morgan fingerprint density at radius 2 is 2.33 bits per heavy atom. The Morgan fingerprint density at radius 3 is 3.07 bits per heavy atom. The highest BCUT2D eigenvalue weighted by atomic mass is 15.1. The molecule has 1 heterocycles. The van der Waals surface area contributed by atoms with Crippen molar-refractivity contribution in [2.45, 2.75) is 18.9 Å². The van der Waals surface area contributed by atoms with Crippen molar-refractivity contribution in [3.05, 3.63) is 29.3 Å². The normalized spacial score (nSPS) is 16.7. The second kappa shape index (κ2) is 3.92. The summed E-state index contributed by atoms with van der Waals surface area (Å²) in [5.41, 5.74) is 9.20. The number of anilines is 1. The van der Waals surface area contributed by atoms with E-state index in [0.717, 1.165) is 18.5 Å². The molecule has 1 aromatic rings. The number of fused-ring (bicyclic) bond motifs is 1. The lowest BCUT2D eigenvalue weighted by molar-refractivity contribution is 0.741. The Morgan fingerprint density at radius 1 is 1.53 bits per heavy atom. The van der Waals surface area contributed by atoms with E-state index >= 15 is 0 Å². The molecule has 1 atom stereocenters. The SMILES string of the molecule is CN1CCCc2cc(C(N)C#N)ccc21. The number of hydrogen-bond donors (Lipinski definition) is 1. The molecule has 0 spiro atoms. The third-order valence-corrected chi connectivity index (χ3v) is 2.95. The van der Waals surface area contributed by atoms with Gasteiger partial charge in [-0.05, 0) is 30.0 Å². The Labute approximate surface area is 90.1 Å².